The lowest BCUT2D eigenvalue weighted by Crippen LogP contribution is -2.46. The molecule has 1 fully saturated rings. The average molecular weight is 489 g/mol. The van der Waals surface area contributed by atoms with E-state index in [0.717, 1.165) is 3.97 Å². The van der Waals surface area contributed by atoms with Crippen LogP contribution in [0.15, 0.2) is 53.4 Å². The van der Waals surface area contributed by atoms with Crippen molar-refractivity contribution >= 4 is 32.7 Å². The SMILES string of the molecule is Cc1cc2c(N(C(=O)OC(C)(C)C)C3CCOCC3)cc(F)cc2n1S(=O)(=O)c1ccccc1. The van der Waals surface area contributed by atoms with Gasteiger partial charge in [0.2, 0.25) is 0 Å². The fourth-order valence-electron chi connectivity index (χ4n) is 4.28. The molecule has 182 valence electrons. The maximum absolute atomic E-state index is 15.0. The number of aromatic nitrogens is 1. The predicted octanol–water partition coefficient (Wildman–Crippen LogP) is 5.25. The van der Waals surface area contributed by atoms with Gasteiger partial charge in [-0.2, -0.15) is 0 Å². The van der Waals surface area contributed by atoms with Gasteiger partial charge in [0.25, 0.3) is 10.0 Å². The lowest BCUT2D eigenvalue weighted by Gasteiger charge is -2.36. The van der Waals surface area contributed by atoms with E-state index < -0.39 is 27.5 Å². The Morgan fingerprint density at radius 1 is 1.12 bits per heavy atom. The second-order valence-corrected chi connectivity index (χ2v) is 11.2. The number of halogens is 1. The van der Waals surface area contributed by atoms with Crippen molar-refractivity contribution in [2.45, 2.75) is 57.1 Å². The smallest absolute Gasteiger partial charge is 0.415 e. The quantitative estimate of drug-likeness (QED) is 0.502. The van der Waals surface area contributed by atoms with E-state index in [0.29, 0.717) is 37.1 Å². The van der Waals surface area contributed by atoms with Crippen LogP contribution in [0.3, 0.4) is 0 Å². The summed E-state index contributed by atoms with van der Waals surface area (Å²) in [6.07, 6.45) is 0.501. The molecule has 1 amide bonds. The minimum Gasteiger partial charge on any atom is -0.443 e. The van der Waals surface area contributed by atoms with Gasteiger partial charge < -0.3 is 9.47 Å². The number of aryl methyl sites for hydroxylation is 1. The van der Waals surface area contributed by atoms with Crippen molar-refractivity contribution in [1.29, 1.82) is 0 Å². The van der Waals surface area contributed by atoms with E-state index in [1.54, 1.807) is 52.0 Å². The van der Waals surface area contributed by atoms with Gasteiger partial charge in [-0.3, -0.25) is 4.90 Å². The van der Waals surface area contributed by atoms with Crippen LogP contribution in [0.5, 0.6) is 0 Å². The molecular weight excluding hydrogens is 459 g/mol. The zero-order chi connectivity index (χ0) is 24.7. The monoisotopic (exact) mass is 488 g/mol. The van der Waals surface area contributed by atoms with Crippen LogP contribution in [-0.4, -0.2) is 43.3 Å². The van der Waals surface area contributed by atoms with Crippen LogP contribution >= 0.6 is 0 Å². The van der Waals surface area contributed by atoms with Crippen molar-refractivity contribution in [3.05, 3.63) is 60.0 Å². The van der Waals surface area contributed by atoms with E-state index >= 15 is 0 Å². The summed E-state index contributed by atoms with van der Waals surface area (Å²) < 4.78 is 54.2. The number of hydrogen-bond acceptors (Lipinski definition) is 5. The summed E-state index contributed by atoms with van der Waals surface area (Å²) >= 11 is 0. The summed E-state index contributed by atoms with van der Waals surface area (Å²) in [6.45, 7) is 7.87. The lowest BCUT2D eigenvalue weighted by atomic mass is 10.0. The number of fused-ring (bicyclic) bond motifs is 1. The van der Waals surface area contributed by atoms with Crippen LogP contribution in [0.2, 0.25) is 0 Å². The fourth-order valence-corrected chi connectivity index (χ4v) is 5.83. The third-order valence-corrected chi connectivity index (χ3v) is 7.51. The first-order chi connectivity index (χ1) is 16.0. The molecule has 0 spiro atoms. The van der Waals surface area contributed by atoms with E-state index in [9.17, 15) is 17.6 Å². The summed E-state index contributed by atoms with van der Waals surface area (Å²) in [6, 6.07) is 11.8. The highest BCUT2D eigenvalue weighted by Crippen LogP contribution is 2.36. The molecule has 2 aromatic carbocycles. The van der Waals surface area contributed by atoms with Crippen molar-refractivity contribution < 1.29 is 27.1 Å². The minimum absolute atomic E-state index is 0.0924. The van der Waals surface area contributed by atoms with Crippen LogP contribution in [0.25, 0.3) is 10.9 Å². The number of amides is 1. The molecule has 0 radical (unpaired) electrons. The van der Waals surface area contributed by atoms with Gasteiger partial charge in [-0.05, 0) is 70.9 Å². The van der Waals surface area contributed by atoms with Gasteiger partial charge in [0, 0.05) is 30.3 Å². The molecule has 1 aliphatic rings. The zero-order valence-electron chi connectivity index (χ0n) is 19.7. The van der Waals surface area contributed by atoms with E-state index in [-0.39, 0.29) is 22.1 Å². The number of ether oxygens (including phenoxy) is 2. The van der Waals surface area contributed by atoms with E-state index in [1.165, 1.54) is 29.2 Å². The molecule has 0 aliphatic carbocycles. The topological polar surface area (TPSA) is 77.8 Å². The van der Waals surface area contributed by atoms with Gasteiger partial charge in [0.05, 0.1) is 16.1 Å². The summed E-state index contributed by atoms with van der Waals surface area (Å²) in [4.78, 5) is 14.9. The maximum atomic E-state index is 15.0. The Labute approximate surface area is 199 Å². The Morgan fingerprint density at radius 2 is 1.76 bits per heavy atom. The molecule has 0 unspecified atom stereocenters. The van der Waals surface area contributed by atoms with E-state index in [2.05, 4.69) is 0 Å². The molecule has 2 heterocycles. The molecule has 0 atom stereocenters. The predicted molar refractivity (Wildman–Crippen MR) is 128 cm³/mol. The number of carbonyl (C=O) groups is 1. The maximum Gasteiger partial charge on any atom is 0.415 e. The Morgan fingerprint density at radius 3 is 2.38 bits per heavy atom. The Hall–Kier alpha value is -2.91. The summed E-state index contributed by atoms with van der Waals surface area (Å²) in [7, 11) is -3.99. The highest BCUT2D eigenvalue weighted by Gasteiger charge is 2.34. The van der Waals surface area contributed by atoms with Crippen molar-refractivity contribution in [2.75, 3.05) is 18.1 Å². The van der Waals surface area contributed by atoms with Gasteiger partial charge in [-0.25, -0.2) is 21.6 Å². The number of rotatable bonds is 4. The number of nitrogens with zero attached hydrogens (tertiary/aromatic N) is 2. The first-order valence-corrected chi connectivity index (χ1v) is 12.7. The second-order valence-electron chi connectivity index (χ2n) is 9.42. The highest BCUT2D eigenvalue weighted by molar-refractivity contribution is 7.90. The Kier molecular flexibility index (Phi) is 6.44. The minimum atomic E-state index is -3.99. The number of benzene rings is 2. The van der Waals surface area contributed by atoms with E-state index in [4.69, 9.17) is 9.47 Å². The van der Waals surface area contributed by atoms with Gasteiger partial charge >= 0.3 is 6.09 Å². The standard InChI is InChI=1S/C25H29FN2O5S/c1-17-14-21-22(27(19-10-12-32-13-11-19)24(29)33-25(2,3)4)15-18(26)16-23(21)28(17)34(30,31)20-8-6-5-7-9-20/h5-9,14-16,19H,10-13H2,1-4H3. The normalized spacial score (nSPS) is 15.4. The third kappa shape index (κ3) is 4.67. The molecule has 7 nitrogen and oxygen atoms in total. The molecule has 1 aromatic heterocycles. The van der Waals surface area contributed by atoms with Gasteiger partial charge in [0.1, 0.15) is 11.4 Å². The molecule has 4 rings (SSSR count). The summed E-state index contributed by atoms with van der Waals surface area (Å²) in [5, 5.41) is 0.454. The van der Waals surface area contributed by atoms with Crippen LogP contribution in [0, 0.1) is 12.7 Å². The molecule has 3 aromatic rings. The highest BCUT2D eigenvalue weighted by atomic mass is 32.2. The Balaban J connectivity index is 1.93. The largest absolute Gasteiger partial charge is 0.443 e. The van der Waals surface area contributed by atoms with Crippen LogP contribution in [0.1, 0.15) is 39.3 Å². The average Bonchev–Trinajstić information content (AvgIpc) is 3.10. The van der Waals surface area contributed by atoms with Gasteiger partial charge in [-0.1, -0.05) is 18.2 Å². The molecule has 0 saturated carbocycles. The molecule has 0 N–H and O–H groups in total. The van der Waals surface area contributed by atoms with Gasteiger partial charge in [0.15, 0.2) is 0 Å². The zero-order valence-corrected chi connectivity index (χ0v) is 20.6. The summed E-state index contributed by atoms with van der Waals surface area (Å²) in [5.41, 5.74) is 0.0888. The second kappa shape index (κ2) is 9.03. The number of anilines is 1. The molecule has 0 bridgehead atoms. The molecular formula is C25H29FN2O5S. The molecule has 1 aliphatic heterocycles. The number of carbonyl (C=O) groups excluding carboxylic acids is 1. The molecule has 9 heteroatoms. The molecule has 1 saturated heterocycles. The van der Waals surface area contributed by atoms with Crippen molar-refractivity contribution in [3.8, 4) is 0 Å². The first-order valence-electron chi connectivity index (χ1n) is 11.2. The Bertz CT molecular complexity index is 1310. The van der Waals surface area contributed by atoms with Gasteiger partial charge in [-0.15, -0.1) is 0 Å². The van der Waals surface area contributed by atoms with Crippen molar-refractivity contribution in [3.63, 3.8) is 0 Å². The first kappa shape index (κ1) is 24.2. The van der Waals surface area contributed by atoms with Crippen LogP contribution in [-0.2, 0) is 19.5 Å². The van der Waals surface area contributed by atoms with E-state index in [1.807, 2.05) is 0 Å². The van der Waals surface area contributed by atoms with Crippen LogP contribution < -0.4 is 4.90 Å². The van der Waals surface area contributed by atoms with Crippen molar-refractivity contribution in [1.82, 2.24) is 3.97 Å². The number of hydrogen-bond donors (Lipinski definition) is 0. The summed E-state index contributed by atoms with van der Waals surface area (Å²) in [5.74, 6) is -0.647. The fraction of sp³-hybridized carbons (Fsp3) is 0.400. The lowest BCUT2D eigenvalue weighted by molar-refractivity contribution is 0.0487. The third-order valence-electron chi connectivity index (χ3n) is 5.68. The van der Waals surface area contributed by atoms with Crippen molar-refractivity contribution in [2.24, 2.45) is 0 Å². The molecule has 34 heavy (non-hydrogen) atoms. The van der Waals surface area contributed by atoms with Crippen LogP contribution in [0.4, 0.5) is 14.9 Å².